The molecule has 8 heteroatoms. The van der Waals surface area contributed by atoms with E-state index in [9.17, 15) is 8.78 Å². The predicted molar refractivity (Wildman–Crippen MR) is 95.9 cm³/mol. The minimum absolute atomic E-state index is 0.0239. The minimum atomic E-state index is -0.545. The summed E-state index contributed by atoms with van der Waals surface area (Å²) in [5.41, 5.74) is 1.32. The van der Waals surface area contributed by atoms with Gasteiger partial charge >= 0.3 is 0 Å². The first-order valence-corrected chi connectivity index (χ1v) is 8.94. The molecule has 3 heterocycles. The highest BCUT2D eigenvalue weighted by molar-refractivity contribution is 7.13. The Morgan fingerprint density at radius 1 is 1.08 bits per heavy atom. The number of benzene rings is 1. The van der Waals surface area contributed by atoms with Crippen LogP contribution in [0.5, 0.6) is 0 Å². The zero-order valence-electron chi connectivity index (χ0n) is 14.2. The van der Waals surface area contributed by atoms with Gasteiger partial charge in [0, 0.05) is 31.2 Å². The van der Waals surface area contributed by atoms with Gasteiger partial charge in [-0.15, -0.1) is 11.3 Å². The molecule has 0 bridgehead atoms. The summed E-state index contributed by atoms with van der Waals surface area (Å²) >= 11 is 1.52. The molecule has 0 N–H and O–H groups in total. The van der Waals surface area contributed by atoms with Gasteiger partial charge < -0.3 is 4.57 Å². The molecule has 0 aliphatic carbocycles. The predicted octanol–water partition coefficient (Wildman–Crippen LogP) is 3.86. The average Bonchev–Trinajstić information content (AvgIpc) is 3.25. The summed E-state index contributed by atoms with van der Waals surface area (Å²) < 4.78 is 30.2. The van der Waals surface area contributed by atoms with E-state index in [1.807, 2.05) is 23.2 Å². The first-order valence-electron chi connectivity index (χ1n) is 8.06. The monoisotopic (exact) mass is 371 g/mol. The molecular formula is C18H15F2N5S. The summed E-state index contributed by atoms with van der Waals surface area (Å²) in [5, 5.41) is 2.89. The second-order valence-corrected chi connectivity index (χ2v) is 6.86. The fourth-order valence-electron chi connectivity index (χ4n) is 2.96. The Morgan fingerprint density at radius 3 is 2.65 bits per heavy atom. The maximum Gasteiger partial charge on any atom is 0.149 e. The van der Waals surface area contributed by atoms with Gasteiger partial charge in [0.05, 0.1) is 11.1 Å². The van der Waals surface area contributed by atoms with Gasteiger partial charge in [-0.1, -0.05) is 0 Å². The van der Waals surface area contributed by atoms with E-state index in [0.29, 0.717) is 24.4 Å². The van der Waals surface area contributed by atoms with Crippen LogP contribution in [0, 0.1) is 18.6 Å². The van der Waals surface area contributed by atoms with Crippen molar-refractivity contribution in [2.75, 3.05) is 0 Å². The Hall–Kier alpha value is -2.74. The third-order valence-electron chi connectivity index (χ3n) is 4.15. The molecule has 132 valence electrons. The van der Waals surface area contributed by atoms with Crippen LogP contribution in [0.1, 0.15) is 17.3 Å². The number of halogens is 2. The molecule has 4 rings (SSSR count). The topological polar surface area (TPSA) is 56.5 Å². The van der Waals surface area contributed by atoms with Crippen LogP contribution >= 0.6 is 11.3 Å². The third kappa shape index (κ3) is 2.96. The lowest BCUT2D eigenvalue weighted by molar-refractivity contribution is 0.612. The second kappa shape index (κ2) is 6.53. The molecule has 5 nitrogen and oxygen atoms in total. The number of nitrogens with zero attached hydrogens (tertiary/aromatic N) is 5. The van der Waals surface area contributed by atoms with Gasteiger partial charge in [-0.2, -0.15) is 0 Å². The van der Waals surface area contributed by atoms with Gasteiger partial charge in [0.15, 0.2) is 0 Å². The molecule has 0 saturated heterocycles. The van der Waals surface area contributed by atoms with Gasteiger partial charge in [0.1, 0.15) is 39.5 Å². The van der Waals surface area contributed by atoms with Crippen LogP contribution in [-0.4, -0.2) is 24.5 Å². The standard InChI is InChI=1S/C18H15F2N5S/c1-10-22-13(16-11(19)3-4-12(20)17(16)23-10)5-6-15-24-14(9-25(15)2)18-21-7-8-26-18/h3-4,7-9H,5-6H2,1-2H3. The van der Waals surface area contributed by atoms with Gasteiger partial charge in [0.25, 0.3) is 0 Å². The quantitative estimate of drug-likeness (QED) is 0.547. The van der Waals surface area contributed by atoms with Crippen molar-refractivity contribution < 1.29 is 8.78 Å². The summed E-state index contributed by atoms with van der Waals surface area (Å²) in [6.45, 7) is 1.68. The van der Waals surface area contributed by atoms with Crippen molar-refractivity contribution in [3.63, 3.8) is 0 Å². The maximum atomic E-state index is 14.3. The van der Waals surface area contributed by atoms with E-state index in [-0.39, 0.29) is 10.9 Å². The summed E-state index contributed by atoms with van der Waals surface area (Å²) in [4.78, 5) is 17.3. The fourth-order valence-corrected chi connectivity index (χ4v) is 3.56. The van der Waals surface area contributed by atoms with Crippen molar-refractivity contribution in [3.8, 4) is 10.7 Å². The van der Waals surface area contributed by atoms with Gasteiger partial charge in [0.2, 0.25) is 0 Å². The van der Waals surface area contributed by atoms with Crippen LogP contribution in [0.25, 0.3) is 21.6 Å². The van der Waals surface area contributed by atoms with Crippen LogP contribution in [0.4, 0.5) is 8.78 Å². The van der Waals surface area contributed by atoms with E-state index in [0.717, 1.165) is 28.7 Å². The SMILES string of the molecule is Cc1nc(CCc2nc(-c3nccs3)cn2C)c2c(F)ccc(F)c2n1. The van der Waals surface area contributed by atoms with Crippen molar-refractivity contribution in [1.82, 2.24) is 24.5 Å². The van der Waals surface area contributed by atoms with Crippen LogP contribution < -0.4 is 0 Å². The summed E-state index contributed by atoms with van der Waals surface area (Å²) in [5.74, 6) is 0.188. The molecule has 0 atom stereocenters. The largest absolute Gasteiger partial charge is 0.337 e. The number of rotatable bonds is 4. The number of thiazole rings is 1. The van der Waals surface area contributed by atoms with Crippen LogP contribution in [0.3, 0.4) is 0 Å². The maximum absolute atomic E-state index is 14.3. The van der Waals surface area contributed by atoms with E-state index in [2.05, 4.69) is 19.9 Å². The van der Waals surface area contributed by atoms with Crippen molar-refractivity contribution in [1.29, 1.82) is 0 Å². The van der Waals surface area contributed by atoms with Crippen molar-refractivity contribution >= 4 is 22.2 Å². The van der Waals surface area contributed by atoms with Gasteiger partial charge in [-0.3, -0.25) is 0 Å². The van der Waals surface area contributed by atoms with Crippen LogP contribution in [0.2, 0.25) is 0 Å². The normalized spacial score (nSPS) is 11.4. The molecule has 0 fully saturated rings. The Labute approximate surface area is 152 Å². The zero-order chi connectivity index (χ0) is 18.3. The average molecular weight is 371 g/mol. The summed E-state index contributed by atoms with van der Waals surface area (Å²) in [7, 11) is 1.91. The molecule has 1 aromatic carbocycles. The molecular weight excluding hydrogens is 356 g/mol. The van der Waals surface area contributed by atoms with Crippen LogP contribution in [0.15, 0.2) is 29.9 Å². The highest BCUT2D eigenvalue weighted by atomic mass is 32.1. The van der Waals surface area contributed by atoms with E-state index >= 15 is 0 Å². The lowest BCUT2D eigenvalue weighted by Crippen LogP contribution is -2.05. The zero-order valence-corrected chi connectivity index (χ0v) is 15.0. The number of hydrogen-bond acceptors (Lipinski definition) is 5. The number of hydrogen-bond donors (Lipinski definition) is 0. The smallest absolute Gasteiger partial charge is 0.149 e. The van der Waals surface area contributed by atoms with Crippen molar-refractivity contribution in [2.45, 2.75) is 19.8 Å². The number of fused-ring (bicyclic) bond motifs is 1. The molecule has 26 heavy (non-hydrogen) atoms. The first kappa shape index (κ1) is 16.7. The van der Waals surface area contributed by atoms with Gasteiger partial charge in [-0.05, 0) is 25.5 Å². The molecule has 3 aromatic heterocycles. The van der Waals surface area contributed by atoms with Gasteiger partial charge in [-0.25, -0.2) is 28.7 Å². The summed E-state index contributed by atoms with van der Waals surface area (Å²) in [6, 6.07) is 2.20. The Balaban J connectivity index is 1.68. The second-order valence-electron chi connectivity index (χ2n) is 5.96. The van der Waals surface area contributed by atoms with E-state index in [4.69, 9.17) is 0 Å². The Bertz CT molecular complexity index is 1090. The van der Waals surface area contributed by atoms with E-state index < -0.39 is 11.6 Å². The molecule has 4 aromatic rings. The first-order chi connectivity index (χ1) is 12.5. The lowest BCUT2D eigenvalue weighted by atomic mass is 10.1. The molecule has 0 aliphatic rings. The molecule has 0 amide bonds. The number of imidazole rings is 1. The lowest BCUT2D eigenvalue weighted by Gasteiger charge is -2.08. The molecule has 0 saturated carbocycles. The van der Waals surface area contributed by atoms with Crippen molar-refractivity contribution in [2.24, 2.45) is 7.05 Å². The van der Waals surface area contributed by atoms with E-state index in [1.165, 1.54) is 11.3 Å². The molecule has 0 spiro atoms. The molecule has 0 unspecified atom stereocenters. The third-order valence-corrected chi connectivity index (χ3v) is 4.94. The fraction of sp³-hybridized carbons (Fsp3) is 0.222. The highest BCUT2D eigenvalue weighted by Gasteiger charge is 2.16. The highest BCUT2D eigenvalue weighted by Crippen LogP contribution is 2.24. The van der Waals surface area contributed by atoms with E-state index in [1.54, 1.807) is 13.1 Å². The molecule has 0 radical (unpaired) electrons. The van der Waals surface area contributed by atoms with Crippen LogP contribution in [-0.2, 0) is 19.9 Å². The minimum Gasteiger partial charge on any atom is -0.337 e. The Kier molecular flexibility index (Phi) is 4.20. The molecule has 0 aliphatic heterocycles. The Morgan fingerprint density at radius 2 is 1.88 bits per heavy atom. The number of aromatic nitrogens is 5. The number of aryl methyl sites for hydroxylation is 4. The summed E-state index contributed by atoms with van der Waals surface area (Å²) in [6.07, 6.45) is 4.63. The van der Waals surface area contributed by atoms with Crippen molar-refractivity contribution in [3.05, 3.63) is 58.9 Å².